The number of hydrogen-bond acceptors (Lipinski definition) is 4. The van der Waals surface area contributed by atoms with E-state index in [2.05, 4.69) is 10.1 Å². The van der Waals surface area contributed by atoms with Crippen LogP contribution < -0.4 is 10.1 Å². The topological polar surface area (TPSA) is 67.9 Å². The maximum atomic E-state index is 13.0. The fraction of sp³-hybridized carbons (Fsp3) is 0.333. The molecule has 2 atom stereocenters. The molecule has 0 spiro atoms. The first kappa shape index (κ1) is 19.3. The second kappa shape index (κ2) is 7.79. The molecule has 2 aliphatic heterocycles. The van der Waals surface area contributed by atoms with Gasteiger partial charge in [-0.05, 0) is 24.1 Å². The van der Waals surface area contributed by atoms with Gasteiger partial charge in [-0.2, -0.15) is 8.78 Å². The number of morpholine rings is 1. The number of carbonyl (C=O) groups excluding carboxylic acids is 2. The molecule has 152 valence electrons. The van der Waals surface area contributed by atoms with Crippen molar-refractivity contribution in [2.45, 2.75) is 24.7 Å². The summed E-state index contributed by atoms with van der Waals surface area (Å²) in [5, 5.41) is 3.06. The van der Waals surface area contributed by atoms with E-state index >= 15 is 0 Å². The Hall–Kier alpha value is -3.00. The monoisotopic (exact) mass is 402 g/mol. The molecule has 0 aliphatic carbocycles. The first-order valence-electron chi connectivity index (χ1n) is 9.31. The standard InChI is InChI=1S/C21H20F2N2O4/c22-20(23)29-16-9-5-4-8-15(16)19(27)25-11-10-21(14-6-2-1-3-7-14)17(12-25)28-13-18(26)24-21/h1-9,17,20H,10-13H2,(H,24,26)/t17-,21+/m1/s1. The molecule has 2 amide bonds. The SMILES string of the molecule is O=C1CO[C@@H]2CN(C(=O)c3ccccc3OC(F)F)CC[C@@]2(c2ccccc2)N1. The van der Waals surface area contributed by atoms with Gasteiger partial charge in [0.05, 0.1) is 11.1 Å². The van der Waals surface area contributed by atoms with Crippen molar-refractivity contribution in [3.63, 3.8) is 0 Å². The van der Waals surface area contributed by atoms with Crippen LogP contribution in [0, 0.1) is 0 Å². The maximum absolute atomic E-state index is 13.0. The zero-order chi connectivity index (χ0) is 20.4. The molecule has 0 radical (unpaired) electrons. The van der Waals surface area contributed by atoms with Crippen LogP contribution in [-0.2, 0) is 15.1 Å². The smallest absolute Gasteiger partial charge is 0.387 e. The molecule has 0 bridgehead atoms. The van der Waals surface area contributed by atoms with Crippen LogP contribution in [-0.4, -0.2) is 49.1 Å². The molecule has 2 aliphatic rings. The lowest BCUT2D eigenvalue weighted by Gasteiger charge is -2.50. The van der Waals surface area contributed by atoms with Crippen molar-refractivity contribution in [2.24, 2.45) is 0 Å². The summed E-state index contributed by atoms with van der Waals surface area (Å²) in [6, 6.07) is 15.4. The van der Waals surface area contributed by atoms with E-state index in [1.807, 2.05) is 30.3 Å². The number of fused-ring (bicyclic) bond motifs is 1. The minimum atomic E-state index is -3.02. The van der Waals surface area contributed by atoms with Crippen LogP contribution in [0.4, 0.5) is 8.78 Å². The second-order valence-corrected chi connectivity index (χ2v) is 7.06. The summed E-state index contributed by atoms with van der Waals surface area (Å²) in [5.74, 6) is -0.783. The number of benzene rings is 2. The van der Waals surface area contributed by atoms with Crippen molar-refractivity contribution in [3.05, 3.63) is 65.7 Å². The number of piperidine rings is 1. The van der Waals surface area contributed by atoms with Crippen molar-refractivity contribution >= 4 is 11.8 Å². The quantitative estimate of drug-likeness (QED) is 0.854. The van der Waals surface area contributed by atoms with Crippen molar-refractivity contribution in [3.8, 4) is 5.75 Å². The predicted molar refractivity (Wildman–Crippen MR) is 99.6 cm³/mol. The molecule has 2 fully saturated rings. The van der Waals surface area contributed by atoms with Gasteiger partial charge in [0.15, 0.2) is 0 Å². The summed E-state index contributed by atoms with van der Waals surface area (Å²) >= 11 is 0. The van der Waals surface area contributed by atoms with E-state index in [0.717, 1.165) is 5.56 Å². The van der Waals surface area contributed by atoms with E-state index in [1.165, 1.54) is 18.2 Å². The average molecular weight is 402 g/mol. The second-order valence-electron chi connectivity index (χ2n) is 7.06. The van der Waals surface area contributed by atoms with Crippen LogP contribution in [0.2, 0.25) is 0 Å². The molecule has 2 aromatic carbocycles. The molecule has 0 saturated carbocycles. The molecule has 2 saturated heterocycles. The van der Waals surface area contributed by atoms with E-state index in [0.29, 0.717) is 13.0 Å². The average Bonchev–Trinajstić information content (AvgIpc) is 2.73. The summed E-state index contributed by atoms with van der Waals surface area (Å²) in [4.78, 5) is 26.7. The van der Waals surface area contributed by atoms with Gasteiger partial charge in [-0.1, -0.05) is 42.5 Å². The Morgan fingerprint density at radius 2 is 1.90 bits per heavy atom. The molecule has 1 N–H and O–H groups in total. The molecule has 2 heterocycles. The van der Waals surface area contributed by atoms with E-state index in [-0.39, 0.29) is 30.4 Å². The predicted octanol–water partition coefficient (Wildman–Crippen LogP) is 2.54. The molecule has 0 unspecified atom stereocenters. The lowest BCUT2D eigenvalue weighted by molar-refractivity contribution is -0.150. The number of amides is 2. The molecular weight excluding hydrogens is 382 g/mol. The lowest BCUT2D eigenvalue weighted by Crippen LogP contribution is -2.67. The van der Waals surface area contributed by atoms with Crippen LogP contribution in [0.5, 0.6) is 5.75 Å². The number of ether oxygens (including phenoxy) is 2. The highest BCUT2D eigenvalue weighted by Gasteiger charge is 2.50. The van der Waals surface area contributed by atoms with Gasteiger partial charge < -0.3 is 19.7 Å². The van der Waals surface area contributed by atoms with E-state index in [4.69, 9.17) is 4.74 Å². The Bertz CT molecular complexity index is 909. The number of rotatable bonds is 4. The molecule has 2 aromatic rings. The highest BCUT2D eigenvalue weighted by Crippen LogP contribution is 2.37. The summed E-state index contributed by atoms with van der Waals surface area (Å²) in [5.41, 5.74) is 0.248. The van der Waals surface area contributed by atoms with Gasteiger partial charge >= 0.3 is 6.61 Å². The number of hydrogen-bond donors (Lipinski definition) is 1. The third-order valence-electron chi connectivity index (χ3n) is 5.40. The number of likely N-dealkylation sites (tertiary alicyclic amines) is 1. The third-order valence-corrected chi connectivity index (χ3v) is 5.40. The van der Waals surface area contributed by atoms with Gasteiger partial charge in [-0.3, -0.25) is 9.59 Å². The number of nitrogens with one attached hydrogen (secondary N) is 1. The van der Waals surface area contributed by atoms with Crippen LogP contribution in [0.25, 0.3) is 0 Å². The minimum Gasteiger partial charge on any atom is -0.434 e. The Labute approximate surface area is 166 Å². The molecule has 0 aromatic heterocycles. The number of carbonyl (C=O) groups is 2. The van der Waals surface area contributed by atoms with Gasteiger partial charge in [-0.25, -0.2) is 0 Å². The van der Waals surface area contributed by atoms with Crippen LogP contribution in [0.1, 0.15) is 22.3 Å². The fourth-order valence-corrected chi connectivity index (χ4v) is 4.05. The summed E-state index contributed by atoms with van der Waals surface area (Å²) in [6.45, 7) is -2.56. The van der Waals surface area contributed by atoms with Crippen molar-refractivity contribution in [1.82, 2.24) is 10.2 Å². The van der Waals surface area contributed by atoms with Crippen molar-refractivity contribution in [2.75, 3.05) is 19.7 Å². The Kier molecular flexibility index (Phi) is 5.19. The van der Waals surface area contributed by atoms with Gasteiger partial charge in [0.1, 0.15) is 18.5 Å². The number of nitrogens with zero attached hydrogens (tertiary/aromatic N) is 1. The summed E-state index contributed by atoms with van der Waals surface area (Å²) < 4.78 is 35.7. The summed E-state index contributed by atoms with van der Waals surface area (Å²) in [6.07, 6.45) is -0.0136. The highest BCUT2D eigenvalue weighted by atomic mass is 19.3. The number of halogens is 2. The molecule has 8 heteroatoms. The molecule has 6 nitrogen and oxygen atoms in total. The Morgan fingerprint density at radius 3 is 2.66 bits per heavy atom. The zero-order valence-electron chi connectivity index (χ0n) is 15.5. The van der Waals surface area contributed by atoms with Gasteiger partial charge in [0.25, 0.3) is 5.91 Å². The zero-order valence-corrected chi connectivity index (χ0v) is 15.5. The Morgan fingerprint density at radius 1 is 1.17 bits per heavy atom. The molecule has 4 rings (SSSR count). The number of para-hydroxylation sites is 1. The maximum Gasteiger partial charge on any atom is 0.387 e. The fourth-order valence-electron chi connectivity index (χ4n) is 4.05. The molecular formula is C21H20F2N2O4. The van der Waals surface area contributed by atoms with Crippen molar-refractivity contribution < 1.29 is 27.8 Å². The van der Waals surface area contributed by atoms with Gasteiger partial charge in [-0.15, -0.1) is 0 Å². The molecule has 29 heavy (non-hydrogen) atoms. The highest BCUT2D eigenvalue weighted by molar-refractivity contribution is 5.97. The first-order chi connectivity index (χ1) is 14.0. The van der Waals surface area contributed by atoms with Crippen LogP contribution >= 0.6 is 0 Å². The van der Waals surface area contributed by atoms with Crippen LogP contribution in [0.3, 0.4) is 0 Å². The Balaban J connectivity index is 1.60. The minimum absolute atomic E-state index is 0.0693. The van der Waals surface area contributed by atoms with E-state index < -0.39 is 24.2 Å². The lowest BCUT2D eigenvalue weighted by atomic mass is 9.77. The number of alkyl halides is 2. The summed E-state index contributed by atoms with van der Waals surface area (Å²) in [7, 11) is 0. The largest absolute Gasteiger partial charge is 0.434 e. The van der Waals surface area contributed by atoms with Crippen molar-refractivity contribution in [1.29, 1.82) is 0 Å². The first-order valence-corrected chi connectivity index (χ1v) is 9.31. The van der Waals surface area contributed by atoms with E-state index in [1.54, 1.807) is 11.0 Å². The third kappa shape index (κ3) is 3.67. The van der Waals surface area contributed by atoms with E-state index in [9.17, 15) is 18.4 Å². The van der Waals surface area contributed by atoms with Gasteiger partial charge in [0, 0.05) is 13.1 Å². The van der Waals surface area contributed by atoms with Gasteiger partial charge in [0.2, 0.25) is 5.91 Å². The van der Waals surface area contributed by atoms with Crippen LogP contribution in [0.15, 0.2) is 54.6 Å². The normalized spacial score (nSPS) is 24.0.